The first-order valence-electron chi connectivity index (χ1n) is 14.6. The Morgan fingerprint density at radius 1 is 0.800 bits per heavy atom. The number of aryl methyl sites for hydroxylation is 1. The molecule has 1 N–H and O–H groups in total. The van der Waals surface area contributed by atoms with Crippen LogP contribution in [0.5, 0.6) is 0 Å². The van der Waals surface area contributed by atoms with Crippen molar-refractivity contribution in [2.75, 3.05) is 17.4 Å². The summed E-state index contributed by atoms with van der Waals surface area (Å²) in [6, 6.07) is 28.4. The van der Waals surface area contributed by atoms with Gasteiger partial charge in [-0.2, -0.15) is 0 Å². The average molecular weight is 667 g/mol. The summed E-state index contributed by atoms with van der Waals surface area (Å²) in [5.41, 5.74) is 2.66. The van der Waals surface area contributed by atoms with Crippen molar-refractivity contribution >= 4 is 50.7 Å². The van der Waals surface area contributed by atoms with E-state index in [0.29, 0.717) is 27.8 Å². The fraction of sp³-hybridized carbons (Fsp3) is 0.257. The smallest absolute Gasteiger partial charge is 0.264 e. The summed E-state index contributed by atoms with van der Waals surface area (Å²) < 4.78 is 29.2. The molecular weight excluding hydrogens is 629 g/mol. The highest BCUT2D eigenvalue weighted by molar-refractivity contribution is 7.92. The second-order valence-electron chi connectivity index (χ2n) is 11.3. The van der Waals surface area contributed by atoms with E-state index in [0.717, 1.165) is 15.4 Å². The first-order valence-corrected chi connectivity index (χ1v) is 16.8. The molecule has 0 bridgehead atoms. The number of sulfonamides is 1. The lowest BCUT2D eigenvalue weighted by atomic mass is 10.0. The van der Waals surface area contributed by atoms with Crippen LogP contribution in [0, 0.1) is 12.8 Å². The summed E-state index contributed by atoms with van der Waals surface area (Å²) in [4.78, 5) is 29.8. The Kier molecular flexibility index (Phi) is 11.7. The molecule has 1 atom stereocenters. The highest BCUT2D eigenvalue weighted by Crippen LogP contribution is 2.27. The standard InChI is InChI=1S/C35H37Cl2N3O4S/c1-25(2)22-38-35(42)33(21-27-12-6-4-7-13-27)39(23-28-17-18-31(36)32(37)20-28)34(41)24-40(29-14-10-11-26(3)19-29)45(43,44)30-15-8-5-9-16-30/h4-20,25,33H,21-24H2,1-3H3,(H,38,42)/t33-/m0/s1. The van der Waals surface area contributed by atoms with Gasteiger partial charge >= 0.3 is 0 Å². The molecule has 7 nitrogen and oxygen atoms in total. The van der Waals surface area contributed by atoms with Crippen LogP contribution in [0.25, 0.3) is 0 Å². The second-order valence-corrected chi connectivity index (χ2v) is 14.0. The normalized spacial score (nSPS) is 12.0. The first kappa shape index (κ1) is 34.0. The Morgan fingerprint density at radius 2 is 1.47 bits per heavy atom. The summed E-state index contributed by atoms with van der Waals surface area (Å²) in [5, 5.41) is 3.64. The Morgan fingerprint density at radius 3 is 2.09 bits per heavy atom. The maximum atomic E-state index is 14.5. The number of carbonyl (C=O) groups is 2. The third kappa shape index (κ3) is 9.10. The highest BCUT2D eigenvalue weighted by atomic mass is 35.5. The van der Waals surface area contributed by atoms with E-state index >= 15 is 0 Å². The molecule has 2 amide bonds. The van der Waals surface area contributed by atoms with Crippen molar-refractivity contribution in [3.05, 3.63) is 130 Å². The van der Waals surface area contributed by atoms with Gasteiger partial charge in [0.15, 0.2) is 0 Å². The number of amides is 2. The zero-order valence-corrected chi connectivity index (χ0v) is 27.8. The van der Waals surface area contributed by atoms with Crippen LogP contribution >= 0.6 is 23.2 Å². The molecule has 0 aliphatic rings. The molecule has 0 spiro atoms. The van der Waals surface area contributed by atoms with Crippen molar-refractivity contribution < 1.29 is 18.0 Å². The summed E-state index contributed by atoms with van der Waals surface area (Å²) in [6.07, 6.45) is 0.216. The van der Waals surface area contributed by atoms with Crippen LogP contribution in [-0.2, 0) is 32.6 Å². The molecule has 0 aromatic heterocycles. The molecule has 0 saturated heterocycles. The number of nitrogens with one attached hydrogen (secondary N) is 1. The summed E-state index contributed by atoms with van der Waals surface area (Å²) >= 11 is 12.5. The van der Waals surface area contributed by atoms with Gasteiger partial charge in [-0.15, -0.1) is 0 Å². The molecule has 0 saturated carbocycles. The minimum absolute atomic E-state index is 0.00460. The van der Waals surface area contributed by atoms with E-state index in [9.17, 15) is 18.0 Å². The minimum atomic E-state index is -4.16. The third-order valence-electron chi connectivity index (χ3n) is 7.19. The number of hydrogen-bond acceptors (Lipinski definition) is 4. The minimum Gasteiger partial charge on any atom is -0.354 e. The third-order valence-corrected chi connectivity index (χ3v) is 9.72. The van der Waals surface area contributed by atoms with Gasteiger partial charge in [0.05, 0.1) is 20.6 Å². The number of nitrogens with zero attached hydrogens (tertiary/aromatic N) is 2. The van der Waals surface area contributed by atoms with Crippen molar-refractivity contribution in [1.29, 1.82) is 0 Å². The summed E-state index contributed by atoms with van der Waals surface area (Å²) in [7, 11) is -4.16. The molecule has 4 rings (SSSR count). The van der Waals surface area contributed by atoms with E-state index in [1.807, 2.05) is 57.2 Å². The van der Waals surface area contributed by atoms with Crippen molar-refractivity contribution in [1.82, 2.24) is 10.2 Å². The van der Waals surface area contributed by atoms with Crippen LogP contribution in [0.15, 0.2) is 108 Å². The molecule has 0 heterocycles. The Hall–Kier alpha value is -3.85. The molecular formula is C35H37Cl2N3O4S. The second kappa shape index (κ2) is 15.4. The quantitative estimate of drug-likeness (QED) is 0.168. The number of benzene rings is 4. The summed E-state index contributed by atoms with van der Waals surface area (Å²) in [6.45, 7) is 5.69. The molecule has 4 aromatic carbocycles. The first-order chi connectivity index (χ1) is 21.5. The largest absolute Gasteiger partial charge is 0.354 e. The lowest BCUT2D eigenvalue weighted by Crippen LogP contribution is -2.53. The number of halogens is 2. The Bertz CT molecular complexity index is 1720. The number of rotatable bonds is 13. The fourth-order valence-electron chi connectivity index (χ4n) is 4.84. The zero-order valence-electron chi connectivity index (χ0n) is 25.5. The van der Waals surface area contributed by atoms with Gasteiger partial charge in [-0.25, -0.2) is 8.42 Å². The molecule has 236 valence electrons. The van der Waals surface area contributed by atoms with Gasteiger partial charge < -0.3 is 10.2 Å². The zero-order chi connectivity index (χ0) is 32.6. The molecule has 0 unspecified atom stereocenters. The van der Waals surface area contributed by atoms with E-state index in [1.54, 1.807) is 54.6 Å². The predicted molar refractivity (Wildman–Crippen MR) is 181 cm³/mol. The molecule has 10 heteroatoms. The molecule has 0 aliphatic heterocycles. The number of anilines is 1. The number of hydrogen-bond donors (Lipinski definition) is 1. The van der Waals surface area contributed by atoms with Crippen LogP contribution in [0.3, 0.4) is 0 Å². The fourth-order valence-corrected chi connectivity index (χ4v) is 6.59. The average Bonchev–Trinajstić information content (AvgIpc) is 3.02. The van der Waals surface area contributed by atoms with Crippen LogP contribution in [0.1, 0.15) is 30.5 Å². The van der Waals surface area contributed by atoms with E-state index in [2.05, 4.69) is 5.32 Å². The van der Waals surface area contributed by atoms with Crippen LogP contribution < -0.4 is 9.62 Å². The van der Waals surface area contributed by atoms with Gasteiger partial charge in [0.2, 0.25) is 11.8 Å². The lowest BCUT2D eigenvalue weighted by molar-refractivity contribution is -0.140. The Labute approximate surface area is 275 Å². The highest BCUT2D eigenvalue weighted by Gasteiger charge is 2.34. The van der Waals surface area contributed by atoms with Gasteiger partial charge in [-0.1, -0.05) is 104 Å². The topological polar surface area (TPSA) is 86.8 Å². The Balaban J connectivity index is 1.81. The van der Waals surface area contributed by atoms with Gasteiger partial charge in [-0.05, 0) is 65.9 Å². The van der Waals surface area contributed by atoms with Gasteiger partial charge in [0, 0.05) is 19.5 Å². The van der Waals surface area contributed by atoms with Crippen LogP contribution in [0.2, 0.25) is 10.0 Å². The van der Waals surface area contributed by atoms with E-state index < -0.39 is 28.5 Å². The molecule has 0 fully saturated rings. The van der Waals surface area contributed by atoms with E-state index in [1.165, 1.54) is 17.0 Å². The SMILES string of the molecule is Cc1cccc(N(CC(=O)N(Cc2ccc(Cl)c(Cl)c2)[C@@H](Cc2ccccc2)C(=O)NCC(C)C)S(=O)(=O)c2ccccc2)c1. The van der Waals surface area contributed by atoms with Crippen molar-refractivity contribution in [3.8, 4) is 0 Å². The predicted octanol–water partition coefficient (Wildman–Crippen LogP) is 6.91. The maximum Gasteiger partial charge on any atom is 0.264 e. The van der Waals surface area contributed by atoms with Crippen LogP contribution in [-0.4, -0.2) is 44.3 Å². The van der Waals surface area contributed by atoms with Crippen molar-refractivity contribution in [2.24, 2.45) is 5.92 Å². The lowest BCUT2D eigenvalue weighted by Gasteiger charge is -2.34. The monoisotopic (exact) mass is 665 g/mol. The van der Waals surface area contributed by atoms with E-state index in [4.69, 9.17) is 23.2 Å². The molecule has 45 heavy (non-hydrogen) atoms. The van der Waals surface area contributed by atoms with Crippen LogP contribution in [0.4, 0.5) is 5.69 Å². The van der Waals surface area contributed by atoms with Gasteiger partial charge in [-0.3, -0.25) is 13.9 Å². The van der Waals surface area contributed by atoms with Gasteiger partial charge in [0.25, 0.3) is 10.0 Å². The maximum absolute atomic E-state index is 14.5. The number of carbonyl (C=O) groups excluding carboxylic acids is 2. The van der Waals surface area contributed by atoms with Gasteiger partial charge in [0.1, 0.15) is 12.6 Å². The van der Waals surface area contributed by atoms with E-state index in [-0.39, 0.29) is 29.7 Å². The molecule has 0 aliphatic carbocycles. The van der Waals surface area contributed by atoms with Crippen molar-refractivity contribution in [2.45, 2.75) is 44.7 Å². The molecule has 4 aromatic rings. The molecule has 0 radical (unpaired) electrons. The summed E-state index contributed by atoms with van der Waals surface area (Å²) in [5.74, 6) is -0.713. The van der Waals surface area contributed by atoms with Crippen molar-refractivity contribution in [3.63, 3.8) is 0 Å².